The van der Waals surface area contributed by atoms with Crippen molar-refractivity contribution in [2.24, 2.45) is 0 Å². The molecule has 1 aromatic rings. The molecular formula is C10H10F5N. The van der Waals surface area contributed by atoms with E-state index in [0.29, 0.717) is 6.07 Å². The summed E-state index contributed by atoms with van der Waals surface area (Å²) in [4.78, 5) is 0.913. The first-order chi connectivity index (χ1) is 7.28. The smallest absolute Gasteiger partial charge is 0.294 e. The Balaban J connectivity index is 2.66. The summed E-state index contributed by atoms with van der Waals surface area (Å²) in [5.74, 6) is -1.59. The predicted octanol–water partition coefficient (Wildman–Crippen LogP) is 2.96. The molecule has 1 nitrogen and oxygen atoms in total. The van der Waals surface area contributed by atoms with E-state index in [0.717, 1.165) is 17.0 Å². The van der Waals surface area contributed by atoms with Crippen molar-refractivity contribution in [3.63, 3.8) is 0 Å². The minimum absolute atomic E-state index is 0.0353. The van der Waals surface area contributed by atoms with E-state index in [1.54, 1.807) is 0 Å². The molecule has 0 radical (unpaired) electrons. The predicted molar refractivity (Wildman–Crippen MR) is 48.7 cm³/mol. The van der Waals surface area contributed by atoms with E-state index in [-0.39, 0.29) is 12.1 Å². The Morgan fingerprint density at radius 3 is 2.31 bits per heavy atom. The lowest BCUT2D eigenvalue weighted by atomic mass is 10.2. The molecule has 0 saturated heterocycles. The number of nitrogens with zero attached hydrogens (tertiary/aromatic N) is 1. The topological polar surface area (TPSA) is 3.24 Å². The molecule has 0 aliphatic rings. The Morgan fingerprint density at radius 2 is 1.81 bits per heavy atom. The Hall–Kier alpha value is -1.17. The maximum Gasteiger partial charge on any atom is 0.401 e. The van der Waals surface area contributed by atoms with Crippen molar-refractivity contribution in [1.29, 1.82) is 0 Å². The minimum Gasteiger partial charge on any atom is -0.294 e. The largest absolute Gasteiger partial charge is 0.401 e. The monoisotopic (exact) mass is 239 g/mol. The quantitative estimate of drug-likeness (QED) is 0.733. The van der Waals surface area contributed by atoms with Crippen molar-refractivity contribution in [2.75, 3.05) is 13.6 Å². The molecule has 0 aliphatic carbocycles. The summed E-state index contributed by atoms with van der Waals surface area (Å²) < 4.78 is 61.6. The molecule has 0 spiro atoms. The van der Waals surface area contributed by atoms with E-state index in [1.807, 2.05) is 0 Å². The molecule has 0 heterocycles. The highest BCUT2D eigenvalue weighted by atomic mass is 19.4. The van der Waals surface area contributed by atoms with Gasteiger partial charge in [-0.3, -0.25) is 4.90 Å². The summed E-state index contributed by atoms with van der Waals surface area (Å²) in [5, 5.41) is 0. The average molecular weight is 239 g/mol. The number of rotatable bonds is 3. The van der Waals surface area contributed by atoms with Gasteiger partial charge in [0, 0.05) is 18.2 Å². The third kappa shape index (κ3) is 4.14. The minimum atomic E-state index is -4.33. The van der Waals surface area contributed by atoms with Gasteiger partial charge in [0.05, 0.1) is 6.54 Å². The number of alkyl halides is 3. The van der Waals surface area contributed by atoms with Gasteiger partial charge in [0.2, 0.25) is 0 Å². The average Bonchev–Trinajstić information content (AvgIpc) is 2.06. The van der Waals surface area contributed by atoms with Gasteiger partial charge in [-0.05, 0) is 13.1 Å². The van der Waals surface area contributed by atoms with Gasteiger partial charge in [-0.15, -0.1) is 0 Å². The van der Waals surface area contributed by atoms with Crippen LogP contribution in [0.1, 0.15) is 5.56 Å². The van der Waals surface area contributed by atoms with Crippen LogP contribution in [0.2, 0.25) is 0 Å². The molecule has 0 atom stereocenters. The highest BCUT2D eigenvalue weighted by molar-refractivity contribution is 5.18. The Bertz CT molecular complexity index is 361. The lowest BCUT2D eigenvalue weighted by molar-refractivity contribution is -0.144. The first-order valence-electron chi connectivity index (χ1n) is 4.47. The maximum atomic E-state index is 13.1. The van der Waals surface area contributed by atoms with E-state index in [4.69, 9.17) is 0 Å². The molecular weight excluding hydrogens is 229 g/mol. The van der Waals surface area contributed by atoms with Crippen LogP contribution in [0.3, 0.4) is 0 Å². The molecule has 90 valence electrons. The van der Waals surface area contributed by atoms with Crippen molar-refractivity contribution in [3.05, 3.63) is 35.4 Å². The molecule has 6 heteroatoms. The molecule has 0 bridgehead atoms. The second-order valence-corrected chi connectivity index (χ2v) is 3.52. The van der Waals surface area contributed by atoms with Gasteiger partial charge < -0.3 is 0 Å². The fraction of sp³-hybridized carbons (Fsp3) is 0.400. The van der Waals surface area contributed by atoms with Crippen LogP contribution in [-0.4, -0.2) is 24.7 Å². The summed E-state index contributed by atoms with van der Waals surface area (Å²) >= 11 is 0. The first-order valence-corrected chi connectivity index (χ1v) is 4.47. The fourth-order valence-electron chi connectivity index (χ4n) is 1.30. The normalized spacial score (nSPS) is 12.2. The van der Waals surface area contributed by atoms with Gasteiger partial charge in [0.15, 0.2) is 0 Å². The standard InChI is InChI=1S/C10H10F5N/c1-16(6-10(13,14)15)5-7-2-3-8(11)4-9(7)12/h2-4H,5-6H2,1H3. The second kappa shape index (κ2) is 4.78. The molecule has 0 aliphatic heterocycles. The molecule has 0 aromatic heterocycles. The van der Waals surface area contributed by atoms with Crippen molar-refractivity contribution < 1.29 is 22.0 Å². The van der Waals surface area contributed by atoms with Crippen LogP contribution in [0.5, 0.6) is 0 Å². The van der Waals surface area contributed by atoms with Crippen molar-refractivity contribution in [2.45, 2.75) is 12.7 Å². The molecule has 0 fully saturated rings. The Morgan fingerprint density at radius 1 is 1.19 bits per heavy atom. The van der Waals surface area contributed by atoms with Gasteiger partial charge in [-0.2, -0.15) is 13.2 Å². The van der Waals surface area contributed by atoms with Crippen LogP contribution in [0.15, 0.2) is 18.2 Å². The Labute approximate surface area is 89.5 Å². The lowest BCUT2D eigenvalue weighted by Gasteiger charge is -2.18. The molecule has 0 N–H and O–H groups in total. The van der Waals surface area contributed by atoms with Crippen molar-refractivity contribution in [3.8, 4) is 0 Å². The molecule has 1 rings (SSSR count). The van der Waals surface area contributed by atoms with Crippen LogP contribution in [0.25, 0.3) is 0 Å². The van der Waals surface area contributed by atoms with Gasteiger partial charge >= 0.3 is 6.18 Å². The number of benzene rings is 1. The zero-order valence-corrected chi connectivity index (χ0v) is 8.48. The van der Waals surface area contributed by atoms with Gasteiger partial charge in [-0.1, -0.05) is 6.07 Å². The van der Waals surface area contributed by atoms with Gasteiger partial charge in [-0.25, -0.2) is 8.78 Å². The van der Waals surface area contributed by atoms with Crippen LogP contribution in [0.4, 0.5) is 22.0 Å². The molecule has 0 amide bonds. The van der Waals surface area contributed by atoms with Crippen molar-refractivity contribution in [1.82, 2.24) is 4.90 Å². The molecule has 16 heavy (non-hydrogen) atoms. The zero-order chi connectivity index (χ0) is 12.3. The summed E-state index contributed by atoms with van der Waals surface area (Å²) in [6, 6.07) is 2.80. The summed E-state index contributed by atoms with van der Waals surface area (Å²) in [7, 11) is 1.22. The third-order valence-corrected chi connectivity index (χ3v) is 1.90. The van der Waals surface area contributed by atoms with E-state index in [1.165, 1.54) is 7.05 Å². The third-order valence-electron chi connectivity index (χ3n) is 1.90. The van der Waals surface area contributed by atoms with E-state index in [9.17, 15) is 22.0 Å². The summed E-state index contributed by atoms with van der Waals surface area (Å²) in [6.45, 7) is -1.35. The fourth-order valence-corrected chi connectivity index (χ4v) is 1.30. The number of hydrogen-bond donors (Lipinski definition) is 0. The zero-order valence-electron chi connectivity index (χ0n) is 8.48. The van der Waals surface area contributed by atoms with Gasteiger partial charge in [0.1, 0.15) is 11.6 Å². The van der Waals surface area contributed by atoms with E-state index >= 15 is 0 Å². The summed E-state index contributed by atoms with van der Waals surface area (Å²) in [6.07, 6.45) is -4.33. The summed E-state index contributed by atoms with van der Waals surface area (Å²) in [5.41, 5.74) is 0.0353. The second-order valence-electron chi connectivity index (χ2n) is 3.52. The van der Waals surface area contributed by atoms with Crippen LogP contribution >= 0.6 is 0 Å². The van der Waals surface area contributed by atoms with E-state index in [2.05, 4.69) is 0 Å². The maximum absolute atomic E-state index is 13.1. The lowest BCUT2D eigenvalue weighted by Crippen LogP contribution is -2.30. The first kappa shape index (κ1) is 12.9. The highest BCUT2D eigenvalue weighted by Gasteiger charge is 2.29. The van der Waals surface area contributed by atoms with Gasteiger partial charge in [0.25, 0.3) is 0 Å². The molecule has 0 unspecified atom stereocenters. The van der Waals surface area contributed by atoms with Crippen LogP contribution < -0.4 is 0 Å². The SMILES string of the molecule is CN(Cc1ccc(F)cc1F)CC(F)(F)F. The number of halogens is 5. The Kier molecular flexibility index (Phi) is 3.85. The highest BCUT2D eigenvalue weighted by Crippen LogP contribution is 2.18. The van der Waals surface area contributed by atoms with Crippen LogP contribution in [0, 0.1) is 11.6 Å². The molecule has 1 aromatic carbocycles. The van der Waals surface area contributed by atoms with E-state index < -0.39 is 24.4 Å². The van der Waals surface area contributed by atoms with Crippen molar-refractivity contribution >= 4 is 0 Å². The van der Waals surface area contributed by atoms with Crippen LogP contribution in [-0.2, 0) is 6.54 Å². The number of hydrogen-bond acceptors (Lipinski definition) is 1. The molecule has 0 saturated carbocycles.